The molecular formula is C66H92FN5O5. The molecule has 4 amide bonds. The minimum Gasteiger partial charge on any atom is -0.378 e. The number of aromatic nitrogens is 1. The van der Waals surface area contributed by atoms with Gasteiger partial charge in [-0.25, -0.2) is 4.98 Å². The number of halogens is 1. The molecule has 77 heavy (non-hydrogen) atoms. The quantitative estimate of drug-likeness (QED) is 0.136. The van der Waals surface area contributed by atoms with E-state index >= 15 is 0 Å². The van der Waals surface area contributed by atoms with Gasteiger partial charge in [-0.2, -0.15) is 4.39 Å². The molecule has 5 aromatic rings. The van der Waals surface area contributed by atoms with Crippen LogP contribution in [-0.2, 0) is 9.53 Å². The molecule has 3 saturated heterocycles. The van der Waals surface area contributed by atoms with E-state index in [4.69, 9.17) is 4.74 Å². The molecule has 0 saturated carbocycles. The topological polar surface area (TPSA) is 103 Å². The maximum absolute atomic E-state index is 12.5. The molecule has 0 bridgehead atoms. The zero-order valence-corrected chi connectivity index (χ0v) is 49.7. The number of carbonyl (C=O) groups excluding carboxylic acids is 4. The molecule has 0 atom stereocenters. The number of carbonyl (C=O) groups is 4. The summed E-state index contributed by atoms with van der Waals surface area (Å²) in [7, 11) is 3.56. The third-order valence-corrected chi connectivity index (χ3v) is 14.5. The SMILES string of the molecule is CC(C)c1ccc(F)nc1.Cc1ccc(C(C)C)cc1C(=O)N(C)C.Cc1ccc(C(C)C)cc1C(=O)N1CCCC1.Cc1ccc(C(C)C)cc1C(=O)N1CCOCC1.Cc1ccc(C(C)C)cc1N1CCCCC1=O. The van der Waals surface area contributed by atoms with Crippen LogP contribution in [0.4, 0.5) is 10.1 Å². The van der Waals surface area contributed by atoms with Crippen molar-refractivity contribution in [3.8, 4) is 0 Å². The summed E-state index contributed by atoms with van der Waals surface area (Å²) in [6, 6.07) is 28.2. The van der Waals surface area contributed by atoms with E-state index in [9.17, 15) is 23.6 Å². The van der Waals surface area contributed by atoms with Crippen molar-refractivity contribution in [1.29, 1.82) is 0 Å². The van der Waals surface area contributed by atoms with Crippen molar-refractivity contribution in [3.63, 3.8) is 0 Å². The summed E-state index contributed by atoms with van der Waals surface area (Å²) in [6.45, 7) is 34.8. The highest BCUT2D eigenvalue weighted by atomic mass is 19.1. The van der Waals surface area contributed by atoms with Gasteiger partial charge in [0.2, 0.25) is 11.9 Å². The molecule has 3 aliphatic heterocycles. The standard InChI is InChI=1S/C15H21NO2.2C15H21NO.C13H19NO.C8H10FN/c1-11(2)13-5-4-12(3)14(10-13)15(17)16-6-8-18-9-7-16;1-11(2)13-7-6-12(3)14(10-13)15(17)16-8-4-5-9-16;1-11(2)13-8-7-12(3)14(10-13)16-9-5-4-6-15(16)17;1-9(2)11-7-6-10(3)12(8-11)13(15)14(4)5;1-6(2)7-3-4-8(9)10-5-7/h4-5,10-11H,6-9H2,1-3H3;6-7,10-11H,4-5,8-9H2,1-3H3;7-8,10-11H,4-6,9H2,1-3H3;6-9H,1-5H3;3-6H,1-2H3. The van der Waals surface area contributed by atoms with Crippen molar-refractivity contribution in [1.82, 2.24) is 19.7 Å². The molecule has 3 aliphatic rings. The summed E-state index contributed by atoms with van der Waals surface area (Å²) in [5.41, 5.74) is 14.1. The van der Waals surface area contributed by atoms with Crippen LogP contribution >= 0.6 is 0 Å². The third kappa shape index (κ3) is 19.0. The monoisotopic (exact) mass is 1050 g/mol. The van der Waals surface area contributed by atoms with E-state index < -0.39 is 5.95 Å². The summed E-state index contributed by atoms with van der Waals surface area (Å²) in [5, 5.41) is 0. The number of piperidine rings is 1. The lowest BCUT2D eigenvalue weighted by Gasteiger charge is -2.29. The Morgan fingerprint density at radius 3 is 1.31 bits per heavy atom. The molecule has 0 spiro atoms. The fourth-order valence-corrected chi connectivity index (χ4v) is 9.02. The Morgan fingerprint density at radius 2 is 0.896 bits per heavy atom. The molecule has 0 radical (unpaired) electrons. The second-order valence-electron chi connectivity index (χ2n) is 22.6. The van der Waals surface area contributed by atoms with Crippen molar-refractivity contribution in [2.75, 3.05) is 64.9 Å². The van der Waals surface area contributed by atoms with Gasteiger partial charge < -0.3 is 24.3 Å². The highest BCUT2D eigenvalue weighted by Crippen LogP contribution is 2.29. The van der Waals surface area contributed by atoms with Crippen LogP contribution in [0.2, 0.25) is 0 Å². The van der Waals surface area contributed by atoms with E-state index in [2.05, 4.69) is 130 Å². The Hall–Kier alpha value is -6.20. The number of amides is 4. The first-order chi connectivity index (χ1) is 36.4. The second kappa shape index (κ2) is 30.7. The second-order valence-corrected chi connectivity index (χ2v) is 22.6. The molecule has 4 heterocycles. The molecule has 0 aliphatic carbocycles. The highest BCUT2D eigenvalue weighted by molar-refractivity contribution is 5.97. The van der Waals surface area contributed by atoms with E-state index in [-0.39, 0.29) is 23.6 Å². The van der Waals surface area contributed by atoms with Crippen LogP contribution in [0, 0.1) is 33.6 Å². The first-order valence-electron chi connectivity index (χ1n) is 28.1. The van der Waals surface area contributed by atoms with E-state index in [0.717, 1.165) is 89.9 Å². The minimum absolute atomic E-state index is 0.0787. The molecule has 3 fully saturated rings. The third-order valence-electron chi connectivity index (χ3n) is 14.5. The number of nitrogens with zero attached hydrogens (tertiary/aromatic N) is 5. The van der Waals surface area contributed by atoms with Crippen LogP contribution in [0.15, 0.2) is 91.1 Å². The lowest BCUT2D eigenvalue weighted by Crippen LogP contribution is -2.41. The van der Waals surface area contributed by atoms with Crippen LogP contribution in [0.25, 0.3) is 0 Å². The van der Waals surface area contributed by atoms with E-state index in [1.165, 1.54) is 33.9 Å². The first-order valence-corrected chi connectivity index (χ1v) is 28.1. The van der Waals surface area contributed by atoms with Gasteiger partial charge in [0.05, 0.1) is 13.2 Å². The summed E-state index contributed by atoms with van der Waals surface area (Å²) < 4.78 is 17.5. The number of hydrogen-bond donors (Lipinski definition) is 0. The lowest BCUT2D eigenvalue weighted by molar-refractivity contribution is -0.119. The molecule has 0 unspecified atom stereocenters. The zero-order valence-electron chi connectivity index (χ0n) is 49.7. The molecule has 4 aromatic carbocycles. The molecule has 8 rings (SSSR count). The predicted molar refractivity (Wildman–Crippen MR) is 315 cm³/mol. The summed E-state index contributed by atoms with van der Waals surface area (Å²) >= 11 is 0. The number of hydrogen-bond acceptors (Lipinski definition) is 6. The van der Waals surface area contributed by atoms with Gasteiger partial charge in [-0.15, -0.1) is 0 Å². The van der Waals surface area contributed by atoms with E-state index in [1.807, 2.05) is 59.7 Å². The van der Waals surface area contributed by atoms with Gasteiger partial charge in [0.25, 0.3) is 17.7 Å². The Morgan fingerprint density at radius 1 is 0.506 bits per heavy atom. The number of likely N-dealkylation sites (tertiary alicyclic amines) is 1. The van der Waals surface area contributed by atoms with Gasteiger partial charge in [0.1, 0.15) is 0 Å². The van der Waals surface area contributed by atoms with Crippen molar-refractivity contribution in [2.45, 2.75) is 159 Å². The smallest absolute Gasteiger partial charge is 0.254 e. The molecular weight excluding hydrogens is 962 g/mol. The summed E-state index contributed by atoms with van der Waals surface area (Å²) in [5.74, 6) is 2.60. The van der Waals surface area contributed by atoms with E-state index in [0.29, 0.717) is 62.3 Å². The Bertz CT molecular complexity index is 2700. The van der Waals surface area contributed by atoms with Crippen molar-refractivity contribution in [2.24, 2.45) is 0 Å². The number of anilines is 1. The highest BCUT2D eigenvalue weighted by Gasteiger charge is 2.24. The predicted octanol–water partition coefficient (Wildman–Crippen LogP) is 14.7. The fourth-order valence-electron chi connectivity index (χ4n) is 9.02. The van der Waals surface area contributed by atoms with Crippen molar-refractivity contribution >= 4 is 29.3 Å². The van der Waals surface area contributed by atoms with Crippen LogP contribution in [0.5, 0.6) is 0 Å². The zero-order chi connectivity index (χ0) is 57.1. The van der Waals surface area contributed by atoms with Gasteiger partial charge in [0.15, 0.2) is 0 Å². The minimum atomic E-state index is -0.413. The number of ether oxygens (including phenoxy) is 1. The van der Waals surface area contributed by atoms with Gasteiger partial charge in [-0.1, -0.05) is 124 Å². The molecule has 418 valence electrons. The average molecular weight is 1050 g/mol. The summed E-state index contributed by atoms with van der Waals surface area (Å²) in [4.78, 5) is 59.6. The molecule has 1 aromatic heterocycles. The normalized spacial score (nSPS) is 14.3. The number of pyridine rings is 1. The van der Waals surface area contributed by atoms with Crippen LogP contribution in [0.1, 0.15) is 212 Å². The van der Waals surface area contributed by atoms with Crippen LogP contribution in [-0.4, -0.2) is 103 Å². The molecule has 11 heteroatoms. The maximum atomic E-state index is 12.5. The first kappa shape index (κ1) is 63.3. The number of aryl methyl sites for hydroxylation is 4. The maximum Gasteiger partial charge on any atom is 0.254 e. The number of rotatable bonds is 9. The van der Waals surface area contributed by atoms with Crippen molar-refractivity contribution < 1.29 is 28.3 Å². The fraction of sp³-hybridized carbons (Fsp3) is 0.500. The Balaban J connectivity index is 0.000000210. The van der Waals surface area contributed by atoms with Crippen LogP contribution < -0.4 is 4.90 Å². The van der Waals surface area contributed by atoms with Gasteiger partial charge in [-0.05, 0) is 163 Å². The van der Waals surface area contributed by atoms with Crippen molar-refractivity contribution in [3.05, 3.63) is 164 Å². The Kier molecular flexibility index (Phi) is 25.2. The van der Waals surface area contributed by atoms with Crippen LogP contribution in [0.3, 0.4) is 0 Å². The number of morpholine rings is 1. The average Bonchev–Trinajstić information content (AvgIpc) is 3.95. The van der Waals surface area contributed by atoms with Gasteiger partial charge >= 0.3 is 0 Å². The van der Waals surface area contributed by atoms with E-state index in [1.54, 1.807) is 31.3 Å². The molecule has 0 N–H and O–H groups in total. The number of benzene rings is 4. The molecule has 10 nitrogen and oxygen atoms in total. The Labute approximate surface area is 462 Å². The van der Waals surface area contributed by atoms with Gasteiger partial charge in [-0.3, -0.25) is 19.2 Å². The van der Waals surface area contributed by atoms with Gasteiger partial charge in [0, 0.05) is 81.8 Å². The lowest BCUT2D eigenvalue weighted by atomic mass is 9.97. The largest absolute Gasteiger partial charge is 0.378 e. The summed E-state index contributed by atoms with van der Waals surface area (Å²) in [6.07, 6.45) is 6.73.